The Morgan fingerprint density at radius 3 is 2.84 bits per heavy atom. The molecular weight excluding hydrogens is 392 g/mol. The topological polar surface area (TPSA) is 86.9 Å². The Morgan fingerprint density at radius 1 is 1.19 bits per heavy atom. The van der Waals surface area contributed by atoms with Crippen LogP contribution in [0.4, 0.5) is 5.69 Å². The molecule has 5 rings (SSSR count). The van der Waals surface area contributed by atoms with Crippen molar-refractivity contribution in [3.05, 3.63) is 72.2 Å². The lowest BCUT2D eigenvalue weighted by molar-refractivity contribution is 0.0704. The quantitative estimate of drug-likeness (QED) is 0.537. The minimum absolute atomic E-state index is 0.204. The van der Waals surface area contributed by atoms with Crippen LogP contribution in [0.3, 0.4) is 0 Å². The first-order chi connectivity index (χ1) is 15.2. The van der Waals surface area contributed by atoms with Gasteiger partial charge in [0, 0.05) is 43.5 Å². The summed E-state index contributed by atoms with van der Waals surface area (Å²) < 4.78 is 9.60. The molecule has 0 bridgehead atoms. The zero-order valence-corrected chi connectivity index (χ0v) is 17.4. The van der Waals surface area contributed by atoms with Crippen LogP contribution in [0, 0.1) is 6.92 Å². The van der Waals surface area contributed by atoms with E-state index < -0.39 is 0 Å². The van der Waals surface area contributed by atoms with Crippen molar-refractivity contribution in [1.82, 2.24) is 24.1 Å². The molecule has 1 aromatic carbocycles. The molecule has 0 radical (unpaired) electrons. The average molecular weight is 416 g/mol. The van der Waals surface area contributed by atoms with Crippen molar-refractivity contribution in [1.29, 1.82) is 0 Å². The van der Waals surface area contributed by atoms with Gasteiger partial charge < -0.3 is 19.2 Å². The molecule has 4 aromatic rings. The number of amides is 1. The van der Waals surface area contributed by atoms with Crippen LogP contribution < -0.4 is 5.32 Å². The highest BCUT2D eigenvalue weighted by atomic mass is 16.5. The van der Waals surface area contributed by atoms with Crippen LogP contribution in [-0.4, -0.2) is 43.2 Å². The first kappa shape index (κ1) is 19.4. The summed E-state index contributed by atoms with van der Waals surface area (Å²) in [5.74, 6) is 0.723. The second-order valence-electron chi connectivity index (χ2n) is 7.78. The van der Waals surface area contributed by atoms with Crippen molar-refractivity contribution in [2.45, 2.75) is 32.4 Å². The van der Waals surface area contributed by atoms with E-state index in [1.807, 2.05) is 48.3 Å². The fraction of sp³-hybridized carbons (Fsp3) is 0.304. The molecule has 0 saturated carbocycles. The number of aryl methyl sites for hydroxylation is 1. The fourth-order valence-corrected chi connectivity index (χ4v) is 4.00. The smallest absolute Gasteiger partial charge is 0.257 e. The average Bonchev–Trinajstić information content (AvgIpc) is 3.41. The first-order valence-electron chi connectivity index (χ1n) is 10.5. The molecule has 1 aliphatic rings. The number of nitrogens with zero attached hydrogens (tertiary/aromatic N) is 5. The lowest BCUT2D eigenvalue weighted by atomic mass is 10.1. The first-order valence-corrected chi connectivity index (χ1v) is 10.5. The van der Waals surface area contributed by atoms with Crippen LogP contribution in [0.25, 0.3) is 11.2 Å². The van der Waals surface area contributed by atoms with Crippen LogP contribution in [-0.2, 0) is 11.3 Å². The third-order valence-electron chi connectivity index (χ3n) is 5.79. The molecule has 1 N–H and O–H groups in total. The summed E-state index contributed by atoms with van der Waals surface area (Å²) in [4.78, 5) is 26.3. The van der Waals surface area contributed by atoms with E-state index in [9.17, 15) is 4.79 Å². The number of pyridine rings is 1. The van der Waals surface area contributed by atoms with Gasteiger partial charge in [0.05, 0.1) is 18.4 Å². The second-order valence-corrected chi connectivity index (χ2v) is 7.78. The van der Waals surface area contributed by atoms with Gasteiger partial charge in [-0.25, -0.2) is 15.0 Å². The summed E-state index contributed by atoms with van der Waals surface area (Å²) in [6.45, 7) is 4.10. The number of para-hydroxylation sites is 1. The monoisotopic (exact) mass is 416 g/mol. The summed E-state index contributed by atoms with van der Waals surface area (Å²) in [6, 6.07) is 9.93. The third kappa shape index (κ3) is 3.94. The number of carbonyl (C=O) groups is 1. The van der Waals surface area contributed by atoms with Gasteiger partial charge in [0.2, 0.25) is 0 Å². The summed E-state index contributed by atoms with van der Waals surface area (Å²) in [6.07, 6.45) is 9.04. The number of hydrogen-bond donors (Lipinski definition) is 1. The van der Waals surface area contributed by atoms with E-state index in [1.165, 1.54) is 0 Å². The second kappa shape index (κ2) is 8.31. The molecule has 4 heterocycles. The van der Waals surface area contributed by atoms with E-state index in [2.05, 4.69) is 24.8 Å². The zero-order chi connectivity index (χ0) is 21.2. The Morgan fingerprint density at radius 2 is 2.03 bits per heavy atom. The number of nitrogens with one attached hydrogen (secondary N) is 1. The number of hydrogen-bond acceptors (Lipinski definition) is 5. The molecule has 1 aliphatic heterocycles. The Balaban J connectivity index is 1.37. The van der Waals surface area contributed by atoms with E-state index in [-0.39, 0.29) is 5.91 Å². The summed E-state index contributed by atoms with van der Waals surface area (Å²) in [7, 11) is 0. The maximum Gasteiger partial charge on any atom is 0.257 e. The Kier molecular flexibility index (Phi) is 5.21. The molecule has 0 aliphatic carbocycles. The normalized spacial score (nSPS) is 14.7. The number of imidazole rings is 2. The van der Waals surface area contributed by atoms with Gasteiger partial charge in [-0.05, 0) is 37.5 Å². The number of anilines is 1. The van der Waals surface area contributed by atoms with E-state index in [1.54, 1.807) is 18.5 Å². The molecule has 1 saturated heterocycles. The molecule has 31 heavy (non-hydrogen) atoms. The van der Waals surface area contributed by atoms with Gasteiger partial charge in [-0.1, -0.05) is 18.2 Å². The van der Waals surface area contributed by atoms with Crippen molar-refractivity contribution in [3.8, 4) is 0 Å². The minimum Gasteiger partial charge on any atom is -0.381 e. The Hall–Kier alpha value is -3.52. The zero-order valence-electron chi connectivity index (χ0n) is 17.4. The van der Waals surface area contributed by atoms with Crippen LogP contribution in [0.1, 0.15) is 40.6 Å². The maximum atomic E-state index is 13.0. The van der Waals surface area contributed by atoms with Gasteiger partial charge in [0.1, 0.15) is 11.3 Å². The number of ether oxygens (including phenoxy) is 1. The number of aromatic nitrogens is 5. The van der Waals surface area contributed by atoms with Gasteiger partial charge >= 0.3 is 0 Å². The highest BCUT2D eigenvalue weighted by Gasteiger charge is 2.19. The van der Waals surface area contributed by atoms with Crippen LogP contribution >= 0.6 is 0 Å². The number of rotatable bonds is 5. The van der Waals surface area contributed by atoms with Gasteiger partial charge in [-0.2, -0.15) is 0 Å². The molecule has 1 amide bonds. The van der Waals surface area contributed by atoms with E-state index in [4.69, 9.17) is 4.74 Å². The number of carbonyl (C=O) groups excluding carboxylic acids is 1. The lowest BCUT2D eigenvalue weighted by Gasteiger charge is -2.23. The van der Waals surface area contributed by atoms with Crippen molar-refractivity contribution in [3.63, 3.8) is 0 Å². The van der Waals surface area contributed by atoms with E-state index in [0.29, 0.717) is 18.2 Å². The highest BCUT2D eigenvalue weighted by molar-refractivity contribution is 6.05. The Bertz CT molecular complexity index is 1220. The van der Waals surface area contributed by atoms with Gasteiger partial charge in [0.15, 0.2) is 5.65 Å². The van der Waals surface area contributed by atoms with E-state index in [0.717, 1.165) is 54.3 Å². The fourth-order valence-electron chi connectivity index (χ4n) is 4.00. The van der Waals surface area contributed by atoms with Crippen molar-refractivity contribution in [2.75, 3.05) is 18.5 Å². The summed E-state index contributed by atoms with van der Waals surface area (Å²) >= 11 is 0. The molecule has 8 nitrogen and oxygen atoms in total. The van der Waals surface area contributed by atoms with Gasteiger partial charge in [-0.3, -0.25) is 4.79 Å². The van der Waals surface area contributed by atoms with Crippen LogP contribution in [0.2, 0.25) is 0 Å². The predicted molar refractivity (Wildman–Crippen MR) is 117 cm³/mol. The van der Waals surface area contributed by atoms with E-state index >= 15 is 0 Å². The molecule has 8 heteroatoms. The van der Waals surface area contributed by atoms with Crippen LogP contribution in [0.15, 0.2) is 55.2 Å². The molecular formula is C23H24N6O2. The molecule has 158 valence electrons. The Labute approximate surface area is 179 Å². The highest BCUT2D eigenvalue weighted by Crippen LogP contribution is 2.25. The number of fused-ring (bicyclic) bond motifs is 1. The van der Waals surface area contributed by atoms with Crippen LogP contribution in [0.5, 0.6) is 0 Å². The molecule has 0 atom stereocenters. The molecule has 3 aromatic heterocycles. The van der Waals surface area contributed by atoms with Crippen molar-refractivity contribution < 1.29 is 9.53 Å². The lowest BCUT2D eigenvalue weighted by Crippen LogP contribution is -2.19. The largest absolute Gasteiger partial charge is 0.381 e. The van der Waals surface area contributed by atoms with Crippen molar-refractivity contribution in [2.24, 2.45) is 0 Å². The minimum atomic E-state index is -0.204. The predicted octanol–water partition coefficient (Wildman–Crippen LogP) is 3.59. The summed E-state index contributed by atoms with van der Waals surface area (Å²) in [5, 5.41) is 3.03. The molecule has 0 spiro atoms. The standard InChI is InChI=1S/C23H24N6O2/c1-16-24-8-9-28(16)14-17-4-2-3-5-20(17)27-23(30)18-12-21-22(25-13-18)29(15-26-21)19-6-10-31-11-7-19/h2-5,8-9,12-13,15,19H,6-7,10-11,14H2,1H3,(H,27,30). The third-order valence-corrected chi connectivity index (χ3v) is 5.79. The van der Waals surface area contributed by atoms with Gasteiger partial charge in [0.25, 0.3) is 5.91 Å². The number of benzene rings is 1. The summed E-state index contributed by atoms with van der Waals surface area (Å²) in [5.41, 5.74) is 3.79. The SMILES string of the molecule is Cc1nccn1Cc1ccccc1NC(=O)c1cnc2c(c1)ncn2C1CCOCC1. The molecule has 0 unspecified atom stereocenters. The maximum absolute atomic E-state index is 13.0. The van der Waals surface area contributed by atoms with Gasteiger partial charge in [-0.15, -0.1) is 0 Å². The molecule has 1 fully saturated rings. The van der Waals surface area contributed by atoms with Crippen molar-refractivity contribution >= 4 is 22.8 Å².